The highest BCUT2D eigenvalue weighted by Gasteiger charge is 2.29. The van der Waals surface area contributed by atoms with Gasteiger partial charge >= 0.3 is 0 Å². The van der Waals surface area contributed by atoms with Crippen molar-refractivity contribution < 1.29 is 0 Å². The molecule has 0 spiro atoms. The SMILES string of the molecule is c1ccc(-c2nc(-c3ccc4ccccc4c3)c3c(n2)-c2c(cccc2-c2cccc(-n4c5ccccc5c5ccccc54)c2)C3)cc1. The van der Waals surface area contributed by atoms with Gasteiger partial charge in [-0.3, -0.25) is 0 Å². The Labute approximate surface area is 278 Å². The highest BCUT2D eigenvalue weighted by Crippen LogP contribution is 2.46. The summed E-state index contributed by atoms with van der Waals surface area (Å²) in [5.74, 6) is 0.749. The van der Waals surface area contributed by atoms with Gasteiger partial charge in [0.25, 0.3) is 0 Å². The van der Waals surface area contributed by atoms with E-state index in [4.69, 9.17) is 9.97 Å². The van der Waals surface area contributed by atoms with Gasteiger partial charge in [0.15, 0.2) is 5.82 Å². The van der Waals surface area contributed by atoms with Gasteiger partial charge in [-0.15, -0.1) is 0 Å². The maximum absolute atomic E-state index is 5.34. The summed E-state index contributed by atoms with van der Waals surface area (Å²) in [6, 6.07) is 58.6. The summed E-state index contributed by atoms with van der Waals surface area (Å²) in [7, 11) is 0. The fourth-order valence-corrected chi connectivity index (χ4v) is 7.62. The van der Waals surface area contributed by atoms with Crippen molar-refractivity contribution in [1.29, 1.82) is 0 Å². The molecule has 2 heterocycles. The molecule has 0 amide bonds. The lowest BCUT2D eigenvalue weighted by Crippen LogP contribution is -1.99. The van der Waals surface area contributed by atoms with Gasteiger partial charge in [-0.1, -0.05) is 133 Å². The van der Waals surface area contributed by atoms with Crippen LogP contribution in [0, 0.1) is 0 Å². The van der Waals surface area contributed by atoms with E-state index in [2.05, 4.69) is 162 Å². The fraction of sp³-hybridized carbons (Fsp3) is 0.0222. The average Bonchev–Trinajstić information content (AvgIpc) is 3.71. The highest BCUT2D eigenvalue weighted by atomic mass is 15.0. The van der Waals surface area contributed by atoms with Crippen LogP contribution in [0.25, 0.3) is 83.3 Å². The van der Waals surface area contributed by atoms with Gasteiger partial charge < -0.3 is 4.57 Å². The minimum atomic E-state index is 0.749. The molecule has 0 aliphatic heterocycles. The minimum Gasteiger partial charge on any atom is -0.309 e. The Morgan fingerprint density at radius 3 is 1.94 bits per heavy atom. The fourth-order valence-electron chi connectivity index (χ4n) is 7.62. The first kappa shape index (κ1) is 26.9. The van der Waals surface area contributed by atoms with Crippen LogP contribution in [0.3, 0.4) is 0 Å². The smallest absolute Gasteiger partial charge is 0.160 e. The molecule has 0 saturated carbocycles. The summed E-state index contributed by atoms with van der Waals surface area (Å²) in [5.41, 5.74) is 13.8. The quantitative estimate of drug-likeness (QED) is 0.198. The Bertz CT molecular complexity index is 2650. The van der Waals surface area contributed by atoms with Crippen molar-refractivity contribution in [2.24, 2.45) is 0 Å². The van der Waals surface area contributed by atoms with Gasteiger partial charge in [0.05, 0.1) is 22.4 Å². The van der Waals surface area contributed by atoms with Crippen molar-refractivity contribution in [2.75, 3.05) is 0 Å². The van der Waals surface area contributed by atoms with Crippen molar-refractivity contribution in [2.45, 2.75) is 6.42 Å². The Morgan fingerprint density at radius 1 is 0.458 bits per heavy atom. The maximum Gasteiger partial charge on any atom is 0.160 e. The molecular formula is C45H29N3. The van der Waals surface area contributed by atoms with E-state index in [0.29, 0.717) is 0 Å². The van der Waals surface area contributed by atoms with E-state index in [0.717, 1.165) is 40.4 Å². The third-order valence-electron chi connectivity index (χ3n) is 9.81. The molecule has 1 aliphatic carbocycles. The maximum atomic E-state index is 5.34. The summed E-state index contributed by atoms with van der Waals surface area (Å²) in [6.07, 6.45) is 0.794. The molecule has 48 heavy (non-hydrogen) atoms. The van der Waals surface area contributed by atoms with Crippen LogP contribution in [0.2, 0.25) is 0 Å². The standard InChI is InChI=1S/C45H29N3/c1-2-13-30(14-3-1)45-46-43(34-25-24-29-12-4-5-15-31(29)26-34)39-28-33-17-11-21-36(42(33)44(39)47-45)32-16-10-18-35(27-32)48-40-22-8-6-19-37(40)38-20-7-9-23-41(38)48/h1-27H,28H2. The Morgan fingerprint density at radius 2 is 1.12 bits per heavy atom. The molecule has 0 saturated heterocycles. The number of benzene rings is 7. The summed E-state index contributed by atoms with van der Waals surface area (Å²) < 4.78 is 2.39. The van der Waals surface area contributed by atoms with Crippen molar-refractivity contribution >= 4 is 32.6 Å². The van der Waals surface area contributed by atoms with E-state index in [9.17, 15) is 0 Å². The summed E-state index contributed by atoms with van der Waals surface area (Å²) in [6.45, 7) is 0. The summed E-state index contributed by atoms with van der Waals surface area (Å²) in [4.78, 5) is 10.6. The molecule has 2 aromatic heterocycles. The normalized spacial score (nSPS) is 12.1. The number of aromatic nitrogens is 3. The monoisotopic (exact) mass is 611 g/mol. The van der Waals surface area contributed by atoms with Gasteiger partial charge in [-0.25, -0.2) is 9.97 Å². The molecule has 0 radical (unpaired) electrons. The van der Waals surface area contributed by atoms with E-state index in [-0.39, 0.29) is 0 Å². The lowest BCUT2D eigenvalue weighted by Gasteiger charge is -2.14. The van der Waals surface area contributed by atoms with Gasteiger partial charge in [0.1, 0.15) is 0 Å². The first-order chi connectivity index (χ1) is 23.8. The molecule has 3 heteroatoms. The van der Waals surface area contributed by atoms with Crippen LogP contribution in [-0.4, -0.2) is 14.5 Å². The molecule has 10 rings (SSSR count). The van der Waals surface area contributed by atoms with E-state index in [1.54, 1.807) is 0 Å². The third kappa shape index (κ3) is 4.14. The average molecular weight is 612 g/mol. The van der Waals surface area contributed by atoms with Crippen LogP contribution in [0.15, 0.2) is 164 Å². The molecule has 0 fully saturated rings. The topological polar surface area (TPSA) is 30.7 Å². The molecule has 7 aromatic carbocycles. The highest BCUT2D eigenvalue weighted by molar-refractivity contribution is 6.09. The van der Waals surface area contributed by atoms with Crippen molar-refractivity contribution in [3.8, 4) is 50.7 Å². The number of nitrogens with zero attached hydrogens (tertiary/aromatic N) is 3. The Hall–Kier alpha value is -6.32. The Balaban J connectivity index is 1.19. The lowest BCUT2D eigenvalue weighted by molar-refractivity contribution is 1.13. The lowest BCUT2D eigenvalue weighted by atomic mass is 9.95. The largest absolute Gasteiger partial charge is 0.309 e. The second-order valence-electron chi connectivity index (χ2n) is 12.6. The van der Waals surface area contributed by atoms with Crippen LogP contribution in [0.1, 0.15) is 11.1 Å². The predicted molar refractivity (Wildman–Crippen MR) is 198 cm³/mol. The number of fused-ring (bicyclic) bond motifs is 7. The number of hydrogen-bond acceptors (Lipinski definition) is 2. The second-order valence-corrected chi connectivity index (χ2v) is 12.6. The summed E-state index contributed by atoms with van der Waals surface area (Å²) >= 11 is 0. The van der Waals surface area contributed by atoms with Crippen LogP contribution < -0.4 is 0 Å². The molecular weight excluding hydrogens is 583 g/mol. The van der Waals surface area contributed by atoms with E-state index in [1.807, 2.05) is 6.07 Å². The predicted octanol–water partition coefficient (Wildman–Crippen LogP) is 11.3. The van der Waals surface area contributed by atoms with Gasteiger partial charge in [0.2, 0.25) is 0 Å². The first-order valence-electron chi connectivity index (χ1n) is 16.5. The molecule has 1 aliphatic rings. The zero-order chi connectivity index (χ0) is 31.6. The number of para-hydroxylation sites is 2. The molecule has 3 nitrogen and oxygen atoms in total. The molecule has 224 valence electrons. The van der Waals surface area contributed by atoms with E-state index >= 15 is 0 Å². The second kappa shape index (κ2) is 10.6. The molecule has 0 N–H and O–H groups in total. The zero-order valence-electron chi connectivity index (χ0n) is 26.1. The van der Waals surface area contributed by atoms with Crippen LogP contribution in [0.5, 0.6) is 0 Å². The van der Waals surface area contributed by atoms with Crippen molar-refractivity contribution in [1.82, 2.24) is 14.5 Å². The van der Waals surface area contributed by atoms with Crippen molar-refractivity contribution in [3.05, 3.63) is 175 Å². The van der Waals surface area contributed by atoms with Crippen LogP contribution in [-0.2, 0) is 6.42 Å². The van der Waals surface area contributed by atoms with Crippen LogP contribution in [0.4, 0.5) is 0 Å². The first-order valence-corrected chi connectivity index (χ1v) is 16.5. The summed E-state index contributed by atoms with van der Waals surface area (Å²) in [5, 5.41) is 4.96. The van der Waals surface area contributed by atoms with Gasteiger partial charge in [0, 0.05) is 45.1 Å². The molecule has 0 unspecified atom stereocenters. The number of rotatable bonds is 4. The molecule has 9 aromatic rings. The van der Waals surface area contributed by atoms with E-state index in [1.165, 1.54) is 60.4 Å². The molecule has 0 atom stereocenters. The third-order valence-corrected chi connectivity index (χ3v) is 9.81. The number of hydrogen-bond donors (Lipinski definition) is 0. The van der Waals surface area contributed by atoms with Gasteiger partial charge in [-0.05, 0) is 57.8 Å². The van der Waals surface area contributed by atoms with Crippen molar-refractivity contribution in [3.63, 3.8) is 0 Å². The zero-order valence-corrected chi connectivity index (χ0v) is 26.1. The minimum absolute atomic E-state index is 0.749. The van der Waals surface area contributed by atoms with E-state index < -0.39 is 0 Å². The Kier molecular flexibility index (Phi) is 5.94. The van der Waals surface area contributed by atoms with Crippen LogP contribution >= 0.6 is 0 Å². The molecule has 0 bridgehead atoms. The van der Waals surface area contributed by atoms with Gasteiger partial charge in [-0.2, -0.15) is 0 Å².